The van der Waals surface area contributed by atoms with Gasteiger partial charge in [-0.1, -0.05) is 49.7 Å². The predicted molar refractivity (Wildman–Crippen MR) is 151 cm³/mol. The Balaban J connectivity index is 1.40. The third-order valence-corrected chi connectivity index (χ3v) is 9.68. The second-order valence-electron chi connectivity index (χ2n) is 9.73. The van der Waals surface area contributed by atoms with Gasteiger partial charge in [0.1, 0.15) is 11.5 Å². The summed E-state index contributed by atoms with van der Waals surface area (Å²) in [5, 5.41) is 2.31. The highest BCUT2D eigenvalue weighted by molar-refractivity contribution is 7.53. The minimum Gasteiger partial charge on any atom is -0.428 e. The normalized spacial score (nSPS) is 14.2. The van der Waals surface area contributed by atoms with Gasteiger partial charge in [0.05, 0.1) is 5.16 Å². The molecule has 3 aromatic rings. The number of hydrogen-bond donors (Lipinski definition) is 3. The van der Waals surface area contributed by atoms with Gasteiger partial charge in [0.2, 0.25) is 5.91 Å². The molecule has 0 spiro atoms. The second-order valence-corrected chi connectivity index (χ2v) is 12.1. The van der Waals surface area contributed by atoms with E-state index in [0.29, 0.717) is 48.0 Å². The zero-order valence-corrected chi connectivity index (χ0v) is 23.5. The monoisotopic (exact) mass is 559 g/mol. The number of aryl methyl sites for hydroxylation is 1. The van der Waals surface area contributed by atoms with E-state index < -0.39 is 12.8 Å². The van der Waals surface area contributed by atoms with E-state index >= 15 is 0 Å². The van der Waals surface area contributed by atoms with Gasteiger partial charge < -0.3 is 24.4 Å². The summed E-state index contributed by atoms with van der Waals surface area (Å²) >= 11 is 6.07. The lowest BCUT2D eigenvalue weighted by atomic mass is 9.92. The molecule has 204 valence electrons. The van der Waals surface area contributed by atoms with Crippen molar-refractivity contribution in [3.05, 3.63) is 64.9 Å². The molecule has 1 aromatic heterocycles. The smallest absolute Gasteiger partial charge is 0.335 e. The van der Waals surface area contributed by atoms with E-state index in [1.807, 2.05) is 24.3 Å². The maximum Gasteiger partial charge on any atom is 0.335 e. The third-order valence-electron chi connectivity index (χ3n) is 7.42. The fourth-order valence-electron chi connectivity index (χ4n) is 5.12. The van der Waals surface area contributed by atoms with Crippen LogP contribution < -0.4 is 10.2 Å². The highest BCUT2D eigenvalue weighted by Crippen LogP contribution is 2.60. The Kier molecular flexibility index (Phi) is 8.99. The number of carbonyl (C=O) groups excluding carboxylic acids is 1. The molecule has 0 unspecified atom stereocenters. The Bertz CT molecular complexity index is 1280. The minimum absolute atomic E-state index is 0.141. The van der Waals surface area contributed by atoms with Gasteiger partial charge in [0.25, 0.3) is 6.01 Å². The SMILES string of the molecule is CCC(CC)(c1ccc(NC(=O)CCCc2oc(N3CCCC3)nc2-c2ccc(Cl)cc2)cc1)P(=O)(O)O. The Morgan fingerprint density at radius 3 is 2.29 bits per heavy atom. The first-order valence-electron chi connectivity index (χ1n) is 13.1. The number of hydrogen-bond acceptors (Lipinski definition) is 5. The Hall–Kier alpha value is -2.64. The van der Waals surface area contributed by atoms with Gasteiger partial charge in [-0.25, -0.2) is 0 Å². The number of rotatable bonds is 11. The highest BCUT2D eigenvalue weighted by Gasteiger charge is 2.45. The van der Waals surface area contributed by atoms with Crippen molar-refractivity contribution in [1.29, 1.82) is 0 Å². The summed E-state index contributed by atoms with van der Waals surface area (Å²) in [6.07, 6.45) is 4.29. The fraction of sp³-hybridized carbons (Fsp3) is 0.429. The molecule has 1 aliphatic rings. The molecule has 0 bridgehead atoms. The second kappa shape index (κ2) is 12.0. The van der Waals surface area contributed by atoms with Crippen LogP contribution in [-0.4, -0.2) is 33.8 Å². The van der Waals surface area contributed by atoms with E-state index in [4.69, 9.17) is 21.0 Å². The van der Waals surface area contributed by atoms with Crippen LogP contribution in [0.5, 0.6) is 0 Å². The molecule has 8 nitrogen and oxygen atoms in total. The molecule has 0 atom stereocenters. The largest absolute Gasteiger partial charge is 0.428 e. The number of benzene rings is 2. The van der Waals surface area contributed by atoms with Gasteiger partial charge in [-0.2, -0.15) is 4.98 Å². The van der Waals surface area contributed by atoms with Crippen molar-refractivity contribution in [2.75, 3.05) is 23.3 Å². The van der Waals surface area contributed by atoms with Gasteiger partial charge in [-0.05, 0) is 61.9 Å². The first-order chi connectivity index (χ1) is 18.2. The van der Waals surface area contributed by atoms with Crippen LogP contribution in [0.15, 0.2) is 52.9 Å². The van der Waals surface area contributed by atoms with Crippen LogP contribution in [0.25, 0.3) is 11.3 Å². The van der Waals surface area contributed by atoms with Crippen LogP contribution in [0.1, 0.15) is 63.7 Å². The molecule has 10 heteroatoms. The van der Waals surface area contributed by atoms with Crippen LogP contribution in [0, 0.1) is 0 Å². The maximum atomic E-state index is 12.7. The quantitative estimate of drug-likeness (QED) is 0.222. The topological polar surface area (TPSA) is 116 Å². The summed E-state index contributed by atoms with van der Waals surface area (Å²) < 4.78 is 18.4. The summed E-state index contributed by atoms with van der Waals surface area (Å²) in [6, 6.07) is 14.9. The first kappa shape index (κ1) is 28.4. The highest BCUT2D eigenvalue weighted by atomic mass is 35.5. The third kappa shape index (κ3) is 6.15. The van der Waals surface area contributed by atoms with E-state index in [1.165, 1.54) is 0 Å². The molecule has 2 aromatic carbocycles. The molecule has 3 N–H and O–H groups in total. The van der Waals surface area contributed by atoms with Gasteiger partial charge >= 0.3 is 7.60 Å². The first-order valence-corrected chi connectivity index (χ1v) is 15.1. The standard InChI is InChI=1S/C28H35ClN3O5P/c1-3-28(4-2,38(34,35)36)21-12-16-23(17-13-21)30-25(33)9-7-8-24-26(20-10-14-22(29)15-11-20)31-27(37-24)32-18-5-6-19-32/h10-17H,3-9,18-19H2,1-2H3,(H,30,33)(H2,34,35,36). The minimum atomic E-state index is -4.36. The van der Waals surface area contributed by atoms with E-state index in [1.54, 1.807) is 38.1 Å². The van der Waals surface area contributed by atoms with Crippen LogP contribution in [-0.2, 0) is 20.9 Å². The van der Waals surface area contributed by atoms with Gasteiger partial charge in [-0.3, -0.25) is 9.36 Å². The van der Waals surface area contributed by atoms with Gasteiger partial charge in [-0.15, -0.1) is 0 Å². The summed E-state index contributed by atoms with van der Waals surface area (Å²) in [4.78, 5) is 39.5. The van der Waals surface area contributed by atoms with E-state index in [9.17, 15) is 19.1 Å². The number of nitrogens with zero attached hydrogens (tertiary/aromatic N) is 2. The molecule has 4 rings (SSSR count). The molecular weight excluding hydrogens is 525 g/mol. The Labute approximate surface area is 228 Å². The number of nitrogens with one attached hydrogen (secondary N) is 1. The summed E-state index contributed by atoms with van der Waals surface area (Å²) in [7, 11) is -4.36. The summed E-state index contributed by atoms with van der Waals surface area (Å²) in [5.41, 5.74) is 2.86. The lowest BCUT2D eigenvalue weighted by Gasteiger charge is -2.33. The molecule has 2 heterocycles. The Morgan fingerprint density at radius 1 is 1.08 bits per heavy atom. The predicted octanol–water partition coefficient (Wildman–Crippen LogP) is 6.75. The van der Waals surface area contributed by atoms with E-state index in [-0.39, 0.29) is 12.3 Å². The Morgan fingerprint density at radius 2 is 1.71 bits per heavy atom. The number of carbonyl (C=O) groups is 1. The van der Waals surface area contributed by atoms with Crippen molar-refractivity contribution < 1.29 is 23.6 Å². The van der Waals surface area contributed by atoms with E-state index in [0.717, 1.165) is 42.9 Å². The van der Waals surface area contributed by atoms with Crippen molar-refractivity contribution in [1.82, 2.24) is 4.98 Å². The molecule has 38 heavy (non-hydrogen) atoms. The number of aromatic nitrogens is 1. The van der Waals surface area contributed by atoms with Gasteiger partial charge in [0.15, 0.2) is 0 Å². The average Bonchev–Trinajstić information content (AvgIpc) is 3.56. The number of halogens is 1. The van der Waals surface area contributed by atoms with E-state index in [2.05, 4.69) is 10.2 Å². The average molecular weight is 560 g/mol. The molecule has 0 radical (unpaired) electrons. The molecule has 1 saturated heterocycles. The van der Waals surface area contributed by atoms with Crippen LogP contribution in [0.2, 0.25) is 5.02 Å². The zero-order chi connectivity index (χ0) is 27.3. The maximum absolute atomic E-state index is 12.7. The molecular formula is C28H35ClN3O5P. The van der Waals surface area contributed by atoms with Crippen molar-refractivity contribution >= 4 is 36.8 Å². The van der Waals surface area contributed by atoms with Crippen molar-refractivity contribution in [2.24, 2.45) is 0 Å². The van der Waals surface area contributed by atoms with Crippen molar-refractivity contribution in [3.63, 3.8) is 0 Å². The van der Waals surface area contributed by atoms with Crippen LogP contribution in [0.4, 0.5) is 11.7 Å². The lowest BCUT2D eigenvalue weighted by molar-refractivity contribution is -0.116. The fourth-order valence-corrected chi connectivity index (χ4v) is 6.56. The van der Waals surface area contributed by atoms with Crippen molar-refractivity contribution in [3.8, 4) is 11.3 Å². The van der Waals surface area contributed by atoms with Crippen molar-refractivity contribution in [2.45, 2.75) is 63.9 Å². The molecule has 0 aliphatic carbocycles. The molecule has 1 aliphatic heterocycles. The molecule has 0 saturated carbocycles. The summed E-state index contributed by atoms with van der Waals surface area (Å²) in [6.45, 7) is 5.40. The number of oxazole rings is 1. The molecule has 1 amide bonds. The lowest BCUT2D eigenvalue weighted by Crippen LogP contribution is -2.24. The van der Waals surface area contributed by atoms with Crippen LogP contribution >= 0.6 is 19.2 Å². The summed E-state index contributed by atoms with van der Waals surface area (Å²) in [5.74, 6) is 0.608. The number of amides is 1. The number of anilines is 2. The van der Waals surface area contributed by atoms with Crippen LogP contribution in [0.3, 0.4) is 0 Å². The zero-order valence-electron chi connectivity index (χ0n) is 21.8. The molecule has 1 fully saturated rings. The van der Waals surface area contributed by atoms with Gasteiger partial charge in [0, 0.05) is 42.2 Å².